The monoisotopic (exact) mass is 417 g/mol. The molecule has 0 aliphatic rings. The van der Waals surface area contributed by atoms with Crippen molar-refractivity contribution in [3.63, 3.8) is 0 Å². The Morgan fingerprint density at radius 2 is 1.62 bits per heavy atom. The fourth-order valence-corrected chi connectivity index (χ4v) is 2.48. The molecule has 11 nitrogen and oxygen atoms in total. The zero-order chi connectivity index (χ0) is 22.6. The van der Waals surface area contributed by atoms with Crippen LogP contribution in [0.15, 0.2) is 0 Å². The molecule has 11 heteroatoms. The molecule has 0 aliphatic heterocycles. The number of unbranched alkanes of at least 4 members (excludes halogenated alkanes) is 1. The summed E-state index contributed by atoms with van der Waals surface area (Å²) in [4.78, 5) is 47.8. The molecule has 9 N–H and O–H groups in total. The molecule has 0 aliphatic carbocycles. The number of nitrogens with two attached hydrogens (primary N) is 2. The number of carbonyl (C=O) groups is 4. The number of aliphatic carboxylic acids is 1. The lowest BCUT2D eigenvalue weighted by Gasteiger charge is -2.26. The Morgan fingerprint density at radius 3 is 2.10 bits per heavy atom. The quantitative estimate of drug-likeness (QED) is 0.158. The summed E-state index contributed by atoms with van der Waals surface area (Å²) in [5.74, 6) is -3.38. The van der Waals surface area contributed by atoms with E-state index in [0.29, 0.717) is 25.8 Å². The molecule has 0 heterocycles. The van der Waals surface area contributed by atoms with Crippen LogP contribution in [-0.2, 0) is 19.2 Å². The van der Waals surface area contributed by atoms with Crippen molar-refractivity contribution in [3.8, 4) is 0 Å². The molecule has 5 unspecified atom stereocenters. The van der Waals surface area contributed by atoms with Crippen molar-refractivity contribution in [3.05, 3.63) is 0 Å². The lowest BCUT2D eigenvalue weighted by Crippen LogP contribution is -2.59. The number of carboxylic acid groups (broad SMARTS) is 1. The smallest absolute Gasteiger partial charge is 0.322 e. The first-order valence-electron chi connectivity index (χ1n) is 9.79. The topological polar surface area (TPSA) is 197 Å². The van der Waals surface area contributed by atoms with Gasteiger partial charge < -0.3 is 37.6 Å². The predicted octanol–water partition coefficient (Wildman–Crippen LogP) is -1.96. The second kappa shape index (κ2) is 13.9. The zero-order valence-corrected chi connectivity index (χ0v) is 17.3. The first-order valence-corrected chi connectivity index (χ1v) is 9.79. The lowest BCUT2D eigenvalue weighted by molar-refractivity contribution is -0.139. The number of hydrogen-bond donors (Lipinski definition) is 7. The third-order valence-electron chi connectivity index (χ3n) is 4.62. The molecule has 0 aromatic carbocycles. The van der Waals surface area contributed by atoms with Crippen molar-refractivity contribution in [2.75, 3.05) is 13.1 Å². The van der Waals surface area contributed by atoms with Crippen LogP contribution in [0, 0.1) is 5.92 Å². The Labute approximate surface area is 171 Å². The summed E-state index contributed by atoms with van der Waals surface area (Å²) in [5.41, 5.74) is 11.3. The molecule has 3 amide bonds. The average molecular weight is 418 g/mol. The van der Waals surface area contributed by atoms with Crippen molar-refractivity contribution >= 4 is 23.7 Å². The molecule has 0 aromatic heterocycles. The highest BCUT2D eigenvalue weighted by atomic mass is 16.4. The maximum absolute atomic E-state index is 12.6. The molecule has 5 atom stereocenters. The van der Waals surface area contributed by atoms with Crippen LogP contribution in [0.5, 0.6) is 0 Å². The van der Waals surface area contributed by atoms with Gasteiger partial charge in [0.1, 0.15) is 18.6 Å². The number of hydrogen-bond acceptors (Lipinski definition) is 7. The van der Waals surface area contributed by atoms with Crippen LogP contribution in [0.2, 0.25) is 0 Å². The van der Waals surface area contributed by atoms with E-state index in [2.05, 4.69) is 16.0 Å². The van der Waals surface area contributed by atoms with Crippen molar-refractivity contribution in [1.82, 2.24) is 16.0 Å². The predicted molar refractivity (Wildman–Crippen MR) is 107 cm³/mol. The minimum absolute atomic E-state index is 0.126. The molecular weight excluding hydrogens is 382 g/mol. The Balaban J connectivity index is 5.18. The van der Waals surface area contributed by atoms with E-state index in [9.17, 15) is 24.3 Å². The highest BCUT2D eigenvalue weighted by Crippen LogP contribution is 2.07. The average Bonchev–Trinajstić information content (AvgIpc) is 2.67. The van der Waals surface area contributed by atoms with E-state index < -0.39 is 54.5 Å². The number of rotatable bonds is 14. The summed E-state index contributed by atoms with van der Waals surface area (Å²) in [6, 6.07) is -3.20. The van der Waals surface area contributed by atoms with Gasteiger partial charge in [0, 0.05) is 0 Å². The summed E-state index contributed by atoms with van der Waals surface area (Å²) in [5, 5.41) is 25.7. The first-order chi connectivity index (χ1) is 13.5. The largest absolute Gasteiger partial charge is 0.480 e. The molecule has 0 fully saturated rings. The van der Waals surface area contributed by atoms with Gasteiger partial charge in [0.15, 0.2) is 0 Å². The third kappa shape index (κ3) is 10.2. The number of amides is 3. The van der Waals surface area contributed by atoms with Crippen LogP contribution in [0.4, 0.5) is 0 Å². The Bertz CT molecular complexity index is 557. The van der Waals surface area contributed by atoms with Gasteiger partial charge in [-0.3, -0.25) is 19.2 Å². The summed E-state index contributed by atoms with van der Waals surface area (Å²) in [7, 11) is 0. The highest BCUT2D eigenvalue weighted by molar-refractivity contribution is 5.94. The third-order valence-corrected chi connectivity index (χ3v) is 4.62. The summed E-state index contributed by atoms with van der Waals surface area (Å²) >= 11 is 0. The maximum Gasteiger partial charge on any atom is 0.322 e. The number of carboxylic acids is 1. The maximum atomic E-state index is 12.6. The fraction of sp³-hybridized carbons (Fsp3) is 0.778. The van der Waals surface area contributed by atoms with Gasteiger partial charge in [-0.05, 0) is 38.6 Å². The molecular formula is C18H35N5O6. The van der Waals surface area contributed by atoms with Crippen molar-refractivity contribution in [2.45, 2.75) is 70.7 Å². The fourth-order valence-electron chi connectivity index (χ4n) is 2.48. The molecule has 0 saturated carbocycles. The minimum atomic E-state index is -1.32. The molecule has 0 saturated heterocycles. The van der Waals surface area contributed by atoms with Gasteiger partial charge in [-0.15, -0.1) is 0 Å². The first kappa shape index (κ1) is 26.8. The van der Waals surface area contributed by atoms with Crippen LogP contribution in [-0.4, -0.2) is 71.2 Å². The summed E-state index contributed by atoms with van der Waals surface area (Å²) < 4.78 is 0. The van der Waals surface area contributed by atoms with E-state index in [1.807, 2.05) is 6.92 Å². The van der Waals surface area contributed by atoms with Gasteiger partial charge in [-0.1, -0.05) is 20.3 Å². The second-order valence-corrected chi connectivity index (χ2v) is 7.10. The number of nitrogens with one attached hydrogen (secondary N) is 3. The van der Waals surface area contributed by atoms with Crippen LogP contribution in [0.1, 0.15) is 46.5 Å². The number of carbonyl (C=O) groups excluding carboxylic acids is 3. The molecule has 0 bridgehead atoms. The molecule has 29 heavy (non-hydrogen) atoms. The molecule has 168 valence electrons. The van der Waals surface area contributed by atoms with E-state index in [4.69, 9.17) is 16.6 Å². The second-order valence-electron chi connectivity index (χ2n) is 7.10. The SMILES string of the molecule is CCC(C)C(N)C(=O)NC(C(=O)NC(CCCCN)C(=O)NCC(=O)O)C(C)O. The van der Waals surface area contributed by atoms with Crippen molar-refractivity contribution in [2.24, 2.45) is 17.4 Å². The molecule has 0 radical (unpaired) electrons. The minimum Gasteiger partial charge on any atom is -0.480 e. The zero-order valence-electron chi connectivity index (χ0n) is 17.3. The van der Waals surface area contributed by atoms with Gasteiger partial charge in [0.25, 0.3) is 0 Å². The molecule has 0 rings (SSSR count). The highest BCUT2D eigenvalue weighted by Gasteiger charge is 2.31. The van der Waals surface area contributed by atoms with Crippen molar-refractivity contribution in [1.29, 1.82) is 0 Å². The summed E-state index contributed by atoms with van der Waals surface area (Å²) in [6.07, 6.45) is 0.773. The van der Waals surface area contributed by atoms with Crippen LogP contribution < -0.4 is 27.4 Å². The van der Waals surface area contributed by atoms with E-state index in [1.54, 1.807) is 6.92 Å². The molecule has 0 spiro atoms. The van der Waals surface area contributed by atoms with Gasteiger partial charge in [0.2, 0.25) is 17.7 Å². The van der Waals surface area contributed by atoms with E-state index in [0.717, 1.165) is 0 Å². The van der Waals surface area contributed by atoms with E-state index in [-0.39, 0.29) is 12.3 Å². The van der Waals surface area contributed by atoms with E-state index >= 15 is 0 Å². The van der Waals surface area contributed by atoms with Gasteiger partial charge in [-0.25, -0.2) is 0 Å². The van der Waals surface area contributed by atoms with Gasteiger partial charge in [-0.2, -0.15) is 0 Å². The lowest BCUT2D eigenvalue weighted by atomic mass is 9.98. The van der Waals surface area contributed by atoms with Crippen LogP contribution >= 0.6 is 0 Å². The Hall–Kier alpha value is -2.24. The Morgan fingerprint density at radius 1 is 1.00 bits per heavy atom. The number of aliphatic hydroxyl groups is 1. The van der Waals surface area contributed by atoms with Gasteiger partial charge in [0.05, 0.1) is 12.1 Å². The normalized spacial score (nSPS) is 16.1. The number of aliphatic hydroxyl groups excluding tert-OH is 1. The van der Waals surface area contributed by atoms with Gasteiger partial charge >= 0.3 is 5.97 Å². The standard InChI is InChI=1S/C18H35N5O6/c1-4-10(2)14(20)17(28)23-15(11(3)24)18(29)22-12(7-5-6-8-19)16(27)21-9-13(25)26/h10-12,14-15,24H,4-9,19-20H2,1-3H3,(H,21,27)(H,22,29)(H,23,28)(H,25,26). The van der Waals surface area contributed by atoms with Crippen LogP contribution in [0.25, 0.3) is 0 Å². The van der Waals surface area contributed by atoms with Crippen molar-refractivity contribution < 1.29 is 29.4 Å². The molecule has 0 aromatic rings. The Kier molecular flexibility index (Phi) is 12.8. The van der Waals surface area contributed by atoms with Crippen LogP contribution in [0.3, 0.4) is 0 Å². The van der Waals surface area contributed by atoms with E-state index in [1.165, 1.54) is 6.92 Å². The summed E-state index contributed by atoms with van der Waals surface area (Å²) in [6.45, 7) is 4.80.